The van der Waals surface area contributed by atoms with Gasteiger partial charge in [0.1, 0.15) is 25.5 Å². The van der Waals surface area contributed by atoms with Crippen LogP contribution in [0.1, 0.15) is 0 Å². The quantitative estimate of drug-likeness (QED) is 0.641. The van der Waals surface area contributed by atoms with E-state index in [1.165, 1.54) is 10.9 Å². The van der Waals surface area contributed by atoms with Gasteiger partial charge in [-0.25, -0.2) is 0 Å². The van der Waals surface area contributed by atoms with E-state index < -0.39 is 0 Å². The minimum Gasteiger partial charge on any atom is -0.490 e. The highest BCUT2D eigenvalue weighted by Crippen LogP contribution is 2.15. The molecule has 0 unspecified atom stereocenters. The van der Waals surface area contributed by atoms with Gasteiger partial charge in [-0.3, -0.25) is 9.48 Å². The van der Waals surface area contributed by atoms with E-state index in [0.29, 0.717) is 12.3 Å². The van der Waals surface area contributed by atoms with E-state index in [2.05, 4.69) is 21.0 Å². The molecule has 6 nitrogen and oxygen atoms in total. The Labute approximate surface area is 124 Å². The largest absolute Gasteiger partial charge is 0.490 e. The van der Waals surface area contributed by atoms with E-state index in [9.17, 15) is 4.79 Å². The lowest BCUT2D eigenvalue weighted by atomic mass is 10.3. The topological polar surface area (TPSA) is 79.4 Å². The molecule has 1 aromatic carbocycles. The molecular formula is C13H14BrN3O3. The summed E-state index contributed by atoms with van der Waals surface area (Å²) in [5.41, 5.74) is 6.00. The van der Waals surface area contributed by atoms with Crippen LogP contribution in [-0.2, 0) is 16.1 Å². The number of rotatable bonds is 6. The van der Waals surface area contributed by atoms with Crippen LogP contribution in [0.25, 0.3) is 0 Å². The third-order valence-corrected chi connectivity index (χ3v) is 2.90. The van der Waals surface area contributed by atoms with Crippen LogP contribution < -0.4 is 10.5 Å². The first-order chi connectivity index (χ1) is 9.63. The van der Waals surface area contributed by atoms with Crippen molar-refractivity contribution in [3.05, 3.63) is 41.1 Å². The second kappa shape index (κ2) is 6.95. The van der Waals surface area contributed by atoms with E-state index in [1.54, 1.807) is 6.20 Å². The zero-order valence-electron chi connectivity index (χ0n) is 10.7. The molecule has 0 saturated heterocycles. The molecule has 0 bridgehead atoms. The van der Waals surface area contributed by atoms with Crippen LogP contribution in [0.2, 0.25) is 0 Å². The van der Waals surface area contributed by atoms with Crippen molar-refractivity contribution < 1.29 is 14.3 Å². The Hall–Kier alpha value is -2.02. The van der Waals surface area contributed by atoms with Gasteiger partial charge in [-0.05, 0) is 24.3 Å². The summed E-state index contributed by atoms with van der Waals surface area (Å²) in [4.78, 5) is 11.5. The van der Waals surface area contributed by atoms with Crippen LogP contribution in [0.5, 0.6) is 5.75 Å². The molecule has 1 heterocycles. The Morgan fingerprint density at radius 2 is 2.05 bits per heavy atom. The van der Waals surface area contributed by atoms with Crippen LogP contribution in [0.3, 0.4) is 0 Å². The van der Waals surface area contributed by atoms with Crippen molar-refractivity contribution in [2.75, 3.05) is 18.9 Å². The SMILES string of the molecule is Nc1cnn(CC(=O)OCCOc2ccc(Br)cc2)c1. The number of hydrogen-bond donors (Lipinski definition) is 1. The Balaban J connectivity index is 1.65. The molecule has 1 aromatic heterocycles. The molecule has 0 radical (unpaired) electrons. The summed E-state index contributed by atoms with van der Waals surface area (Å²) in [7, 11) is 0. The fourth-order valence-electron chi connectivity index (χ4n) is 1.49. The van der Waals surface area contributed by atoms with Crippen LogP contribution >= 0.6 is 15.9 Å². The molecular weight excluding hydrogens is 326 g/mol. The van der Waals surface area contributed by atoms with Crippen LogP contribution in [-0.4, -0.2) is 29.0 Å². The number of nitrogens with zero attached hydrogens (tertiary/aromatic N) is 2. The molecule has 2 rings (SSSR count). The maximum Gasteiger partial charge on any atom is 0.327 e. The maximum atomic E-state index is 11.5. The summed E-state index contributed by atoms with van der Waals surface area (Å²) in [6.07, 6.45) is 3.05. The van der Waals surface area contributed by atoms with Crippen molar-refractivity contribution in [2.45, 2.75) is 6.54 Å². The normalized spacial score (nSPS) is 10.2. The van der Waals surface area contributed by atoms with Gasteiger partial charge in [0.05, 0.1) is 11.9 Å². The number of ether oxygens (including phenoxy) is 2. The number of carbonyl (C=O) groups excluding carboxylic acids is 1. The van der Waals surface area contributed by atoms with Gasteiger partial charge in [-0.1, -0.05) is 15.9 Å². The highest BCUT2D eigenvalue weighted by molar-refractivity contribution is 9.10. The minimum absolute atomic E-state index is 0.0372. The third-order valence-electron chi connectivity index (χ3n) is 2.37. The molecule has 0 saturated carbocycles. The predicted octanol–water partition coefficient (Wildman–Crippen LogP) is 1.85. The minimum atomic E-state index is -0.382. The molecule has 106 valence electrons. The van der Waals surface area contributed by atoms with E-state index in [-0.39, 0.29) is 19.1 Å². The van der Waals surface area contributed by atoms with Gasteiger partial charge >= 0.3 is 5.97 Å². The van der Waals surface area contributed by atoms with Crippen molar-refractivity contribution in [3.8, 4) is 5.75 Å². The second-order valence-electron chi connectivity index (χ2n) is 3.99. The summed E-state index contributed by atoms with van der Waals surface area (Å²) >= 11 is 3.34. The highest BCUT2D eigenvalue weighted by atomic mass is 79.9. The molecule has 0 fully saturated rings. The maximum absolute atomic E-state index is 11.5. The Morgan fingerprint density at radius 3 is 2.70 bits per heavy atom. The number of hydrogen-bond acceptors (Lipinski definition) is 5. The first-order valence-electron chi connectivity index (χ1n) is 5.95. The third kappa shape index (κ3) is 4.58. The monoisotopic (exact) mass is 339 g/mol. The first-order valence-corrected chi connectivity index (χ1v) is 6.75. The van der Waals surface area contributed by atoms with Gasteiger partial charge in [-0.15, -0.1) is 0 Å². The fraction of sp³-hybridized carbons (Fsp3) is 0.231. The van der Waals surface area contributed by atoms with Crippen molar-refractivity contribution in [1.29, 1.82) is 0 Å². The summed E-state index contributed by atoms with van der Waals surface area (Å²) in [5.74, 6) is 0.344. The molecule has 0 amide bonds. The lowest BCUT2D eigenvalue weighted by Crippen LogP contribution is -2.17. The number of nitrogens with two attached hydrogens (primary N) is 1. The molecule has 0 atom stereocenters. The zero-order valence-corrected chi connectivity index (χ0v) is 12.2. The number of nitrogen functional groups attached to an aromatic ring is 1. The van der Waals surface area contributed by atoms with Crippen molar-refractivity contribution >= 4 is 27.6 Å². The van der Waals surface area contributed by atoms with Crippen molar-refractivity contribution in [1.82, 2.24) is 9.78 Å². The van der Waals surface area contributed by atoms with Gasteiger partial charge < -0.3 is 15.2 Å². The Morgan fingerprint density at radius 1 is 1.30 bits per heavy atom. The number of esters is 1. The summed E-state index contributed by atoms with van der Waals surface area (Å²) < 4.78 is 12.9. The van der Waals surface area contributed by atoms with Gasteiger partial charge in [0.25, 0.3) is 0 Å². The number of benzene rings is 1. The summed E-state index contributed by atoms with van der Waals surface area (Å²) in [5, 5.41) is 3.89. The van der Waals surface area contributed by atoms with Crippen molar-refractivity contribution in [2.24, 2.45) is 0 Å². The molecule has 0 aliphatic rings. The second-order valence-corrected chi connectivity index (χ2v) is 4.91. The molecule has 0 aliphatic carbocycles. The highest BCUT2D eigenvalue weighted by Gasteiger charge is 2.05. The van der Waals surface area contributed by atoms with Gasteiger partial charge in [-0.2, -0.15) is 5.10 Å². The average molecular weight is 340 g/mol. The smallest absolute Gasteiger partial charge is 0.327 e. The van der Waals surface area contributed by atoms with Gasteiger partial charge in [0.2, 0.25) is 0 Å². The molecule has 7 heteroatoms. The molecule has 0 spiro atoms. The predicted molar refractivity (Wildman–Crippen MR) is 77.2 cm³/mol. The number of halogens is 1. The van der Waals surface area contributed by atoms with Crippen LogP contribution in [0.15, 0.2) is 41.1 Å². The Kier molecular flexibility index (Phi) is 5.00. The molecule has 2 N–H and O–H groups in total. The van der Waals surface area contributed by atoms with E-state index >= 15 is 0 Å². The number of anilines is 1. The molecule has 20 heavy (non-hydrogen) atoms. The van der Waals surface area contributed by atoms with E-state index in [1.807, 2.05) is 24.3 Å². The molecule has 2 aromatic rings. The van der Waals surface area contributed by atoms with Crippen LogP contribution in [0, 0.1) is 0 Å². The standard InChI is InChI=1S/C13H14BrN3O3/c14-10-1-3-12(4-2-10)19-5-6-20-13(18)9-17-8-11(15)7-16-17/h1-4,7-8H,5-6,9,15H2. The zero-order chi connectivity index (χ0) is 14.4. The van der Waals surface area contributed by atoms with Crippen LogP contribution in [0.4, 0.5) is 5.69 Å². The lowest BCUT2D eigenvalue weighted by Gasteiger charge is -2.07. The summed E-state index contributed by atoms with van der Waals surface area (Å²) in [6, 6.07) is 7.42. The lowest BCUT2D eigenvalue weighted by molar-refractivity contribution is -0.145. The average Bonchev–Trinajstić information content (AvgIpc) is 2.82. The number of aromatic nitrogens is 2. The van der Waals surface area contributed by atoms with E-state index in [0.717, 1.165) is 10.2 Å². The summed E-state index contributed by atoms with van der Waals surface area (Å²) in [6.45, 7) is 0.524. The Bertz CT molecular complexity index is 568. The van der Waals surface area contributed by atoms with Gasteiger partial charge in [0.15, 0.2) is 0 Å². The first kappa shape index (κ1) is 14.4. The number of carbonyl (C=O) groups is 1. The van der Waals surface area contributed by atoms with E-state index in [4.69, 9.17) is 15.2 Å². The van der Waals surface area contributed by atoms with Crippen molar-refractivity contribution in [3.63, 3.8) is 0 Å². The van der Waals surface area contributed by atoms with Gasteiger partial charge in [0, 0.05) is 10.7 Å². The molecule has 0 aliphatic heterocycles. The fourth-order valence-corrected chi connectivity index (χ4v) is 1.75.